The number of nitrogens with two attached hydrogens (primary N) is 1. The van der Waals surface area contributed by atoms with Crippen LogP contribution in [0.2, 0.25) is 0 Å². The van der Waals surface area contributed by atoms with Crippen LogP contribution >= 0.6 is 22.7 Å². The average Bonchev–Trinajstić information content (AvgIpc) is 3.14. The third-order valence-corrected chi connectivity index (χ3v) is 6.31. The molecule has 0 aromatic carbocycles. The summed E-state index contributed by atoms with van der Waals surface area (Å²) in [6.45, 7) is 6.16. The number of hydrogen-bond donors (Lipinski definition) is 1. The highest BCUT2D eigenvalue weighted by atomic mass is 32.1. The molecule has 3 rings (SSSR count). The van der Waals surface area contributed by atoms with Crippen LogP contribution in [0.25, 0.3) is 9.40 Å². The van der Waals surface area contributed by atoms with Crippen molar-refractivity contribution in [3.05, 3.63) is 22.4 Å². The first-order valence-electron chi connectivity index (χ1n) is 7.78. The van der Waals surface area contributed by atoms with E-state index >= 15 is 0 Å². The van der Waals surface area contributed by atoms with Crippen LogP contribution in [0.4, 0.5) is 0 Å². The monoisotopic (exact) mass is 351 g/mol. The van der Waals surface area contributed by atoms with Gasteiger partial charge in [-0.2, -0.15) is 0 Å². The maximum Gasteiger partial charge on any atom is 0.264 e. The van der Waals surface area contributed by atoms with E-state index in [-0.39, 0.29) is 17.7 Å². The summed E-state index contributed by atoms with van der Waals surface area (Å²) in [6, 6.07) is 3.56. The van der Waals surface area contributed by atoms with E-state index in [4.69, 9.17) is 5.73 Å². The SMILES string of the molecule is CC(C)[C@H](N)C(=O)N1CCN(C(=O)c2cc3sccc3s2)CC1. The van der Waals surface area contributed by atoms with Crippen LogP contribution in [-0.2, 0) is 4.79 Å². The van der Waals surface area contributed by atoms with Crippen LogP contribution in [0.3, 0.4) is 0 Å². The van der Waals surface area contributed by atoms with Gasteiger partial charge in [-0.1, -0.05) is 13.8 Å². The summed E-state index contributed by atoms with van der Waals surface area (Å²) in [5.74, 6) is 0.184. The standard InChI is InChI=1S/C16H21N3O2S2/c1-10(2)14(17)16(21)19-6-4-18(5-7-19)15(20)13-9-12-11(23-13)3-8-22-12/h3,8-10,14H,4-7,17H2,1-2H3/t14-/m0/s1. The van der Waals surface area contributed by atoms with Crippen LogP contribution in [0, 0.1) is 5.92 Å². The summed E-state index contributed by atoms with van der Waals surface area (Å²) in [5, 5.41) is 2.04. The molecule has 2 aromatic heterocycles. The van der Waals surface area contributed by atoms with Crippen LogP contribution in [-0.4, -0.2) is 53.8 Å². The minimum absolute atomic E-state index is 0.0104. The maximum atomic E-state index is 12.6. The molecule has 23 heavy (non-hydrogen) atoms. The van der Waals surface area contributed by atoms with Gasteiger partial charge < -0.3 is 15.5 Å². The van der Waals surface area contributed by atoms with Gasteiger partial charge in [-0.25, -0.2) is 0 Å². The second-order valence-corrected chi connectivity index (χ2v) is 8.18. The van der Waals surface area contributed by atoms with Gasteiger partial charge in [-0.05, 0) is 23.4 Å². The molecular weight excluding hydrogens is 330 g/mol. The number of rotatable bonds is 3. The summed E-state index contributed by atoms with van der Waals surface area (Å²) >= 11 is 3.20. The van der Waals surface area contributed by atoms with E-state index < -0.39 is 6.04 Å². The predicted molar refractivity (Wildman–Crippen MR) is 95.0 cm³/mol. The molecule has 124 valence electrons. The number of thiophene rings is 2. The molecular formula is C16H21N3O2S2. The number of piperazine rings is 1. The van der Waals surface area contributed by atoms with E-state index in [1.165, 1.54) is 0 Å². The van der Waals surface area contributed by atoms with Crippen molar-refractivity contribution in [2.45, 2.75) is 19.9 Å². The Morgan fingerprint density at radius 1 is 1.13 bits per heavy atom. The van der Waals surface area contributed by atoms with E-state index in [1.54, 1.807) is 27.6 Å². The minimum Gasteiger partial charge on any atom is -0.338 e. The normalized spacial score (nSPS) is 17.0. The van der Waals surface area contributed by atoms with E-state index in [0.717, 1.165) is 14.3 Å². The number of carbonyl (C=O) groups is 2. The molecule has 2 N–H and O–H groups in total. The van der Waals surface area contributed by atoms with Gasteiger partial charge >= 0.3 is 0 Å². The molecule has 0 radical (unpaired) electrons. The number of carbonyl (C=O) groups excluding carboxylic acids is 2. The zero-order valence-electron chi connectivity index (χ0n) is 13.3. The van der Waals surface area contributed by atoms with Gasteiger partial charge in [-0.3, -0.25) is 9.59 Å². The topological polar surface area (TPSA) is 66.6 Å². The van der Waals surface area contributed by atoms with Crippen molar-refractivity contribution in [1.82, 2.24) is 9.80 Å². The molecule has 1 aliphatic rings. The Hall–Kier alpha value is -1.44. The molecule has 1 atom stereocenters. The Balaban J connectivity index is 1.61. The third-order valence-electron chi connectivity index (χ3n) is 4.23. The quantitative estimate of drug-likeness (QED) is 0.922. The van der Waals surface area contributed by atoms with Gasteiger partial charge in [0, 0.05) is 35.6 Å². The summed E-state index contributed by atoms with van der Waals surface area (Å²) in [7, 11) is 0. The van der Waals surface area contributed by atoms with Crippen molar-refractivity contribution in [3.63, 3.8) is 0 Å². The molecule has 2 amide bonds. The molecule has 0 spiro atoms. The molecule has 0 bridgehead atoms. The number of fused-ring (bicyclic) bond motifs is 1. The maximum absolute atomic E-state index is 12.6. The molecule has 2 aromatic rings. The first-order valence-corrected chi connectivity index (χ1v) is 9.47. The molecule has 1 aliphatic heterocycles. The summed E-state index contributed by atoms with van der Waals surface area (Å²) < 4.78 is 2.32. The fourth-order valence-electron chi connectivity index (χ4n) is 2.65. The van der Waals surface area contributed by atoms with Gasteiger partial charge in [0.2, 0.25) is 5.91 Å². The third kappa shape index (κ3) is 3.27. The molecule has 3 heterocycles. The summed E-state index contributed by atoms with van der Waals surface area (Å²) in [4.78, 5) is 29.3. The predicted octanol–water partition coefficient (Wildman–Crippen LogP) is 2.23. The Morgan fingerprint density at radius 2 is 1.78 bits per heavy atom. The van der Waals surface area contributed by atoms with Crippen molar-refractivity contribution < 1.29 is 9.59 Å². The van der Waals surface area contributed by atoms with E-state index in [1.807, 2.05) is 36.3 Å². The Bertz CT molecular complexity index is 685. The van der Waals surface area contributed by atoms with Crippen LogP contribution < -0.4 is 5.73 Å². The molecule has 5 nitrogen and oxygen atoms in total. The largest absolute Gasteiger partial charge is 0.338 e. The fourth-order valence-corrected chi connectivity index (χ4v) is 4.73. The average molecular weight is 351 g/mol. The highest BCUT2D eigenvalue weighted by molar-refractivity contribution is 7.27. The molecule has 0 aliphatic carbocycles. The van der Waals surface area contributed by atoms with Crippen molar-refractivity contribution in [2.24, 2.45) is 11.7 Å². The number of hydrogen-bond acceptors (Lipinski definition) is 5. The molecule has 0 saturated carbocycles. The lowest BCUT2D eigenvalue weighted by Gasteiger charge is -2.36. The second kappa shape index (κ2) is 6.59. The summed E-state index contributed by atoms with van der Waals surface area (Å²) in [6.07, 6.45) is 0. The lowest BCUT2D eigenvalue weighted by molar-refractivity contribution is -0.135. The summed E-state index contributed by atoms with van der Waals surface area (Å²) in [5.41, 5.74) is 5.94. The molecule has 1 fully saturated rings. The van der Waals surface area contributed by atoms with E-state index in [2.05, 4.69) is 0 Å². The first kappa shape index (κ1) is 16.4. The van der Waals surface area contributed by atoms with Gasteiger partial charge in [0.1, 0.15) is 0 Å². The minimum atomic E-state index is -0.457. The van der Waals surface area contributed by atoms with Crippen molar-refractivity contribution in [3.8, 4) is 0 Å². The Labute approximate surface area is 143 Å². The van der Waals surface area contributed by atoms with Crippen molar-refractivity contribution in [2.75, 3.05) is 26.2 Å². The second-order valence-electron chi connectivity index (χ2n) is 6.15. The van der Waals surface area contributed by atoms with Crippen molar-refractivity contribution >= 4 is 43.9 Å². The highest BCUT2D eigenvalue weighted by Gasteiger charge is 2.29. The van der Waals surface area contributed by atoms with Crippen LogP contribution in [0.5, 0.6) is 0 Å². The zero-order chi connectivity index (χ0) is 16.6. The number of amides is 2. The molecule has 7 heteroatoms. The highest BCUT2D eigenvalue weighted by Crippen LogP contribution is 2.30. The zero-order valence-corrected chi connectivity index (χ0v) is 15.0. The van der Waals surface area contributed by atoms with Gasteiger partial charge in [0.05, 0.1) is 10.9 Å². The number of nitrogens with zero attached hydrogens (tertiary/aromatic N) is 2. The van der Waals surface area contributed by atoms with Gasteiger partial charge in [0.15, 0.2) is 0 Å². The lowest BCUT2D eigenvalue weighted by atomic mass is 10.0. The van der Waals surface area contributed by atoms with Crippen LogP contribution in [0.1, 0.15) is 23.5 Å². The fraction of sp³-hybridized carbons (Fsp3) is 0.500. The van der Waals surface area contributed by atoms with Gasteiger partial charge in [0.25, 0.3) is 5.91 Å². The lowest BCUT2D eigenvalue weighted by Crippen LogP contribution is -2.55. The van der Waals surface area contributed by atoms with Crippen molar-refractivity contribution in [1.29, 1.82) is 0 Å². The first-order chi connectivity index (χ1) is 11.0. The molecule has 1 saturated heterocycles. The smallest absolute Gasteiger partial charge is 0.264 e. The molecule has 0 unspecified atom stereocenters. The van der Waals surface area contributed by atoms with E-state index in [0.29, 0.717) is 26.2 Å². The van der Waals surface area contributed by atoms with Crippen LogP contribution in [0.15, 0.2) is 17.5 Å². The van der Waals surface area contributed by atoms with Gasteiger partial charge in [-0.15, -0.1) is 22.7 Å². The Morgan fingerprint density at radius 3 is 2.39 bits per heavy atom. The van der Waals surface area contributed by atoms with E-state index in [9.17, 15) is 9.59 Å². The Kier molecular flexibility index (Phi) is 4.70.